The van der Waals surface area contributed by atoms with Gasteiger partial charge in [0, 0.05) is 0 Å². The number of hydrogen-bond acceptors (Lipinski definition) is 2. The quantitative estimate of drug-likeness (QED) is 0.887. The van der Waals surface area contributed by atoms with Crippen molar-refractivity contribution in [3.8, 4) is 5.75 Å². The van der Waals surface area contributed by atoms with Gasteiger partial charge in [-0.15, -0.1) is 0 Å². The Morgan fingerprint density at radius 2 is 2.11 bits per heavy atom. The average Bonchev–Trinajstić information content (AvgIpc) is 2.88. The molecular weight excluding hydrogens is 240 g/mol. The number of hydrogen-bond donors (Lipinski definition) is 1. The Bertz CT molecular complexity index is 501. The Labute approximate surface area is 113 Å². The maximum atomic E-state index is 11.8. The van der Waals surface area contributed by atoms with Crippen LogP contribution in [0, 0.1) is 0 Å². The molecule has 1 fully saturated rings. The normalized spacial score (nSPS) is 24.6. The minimum atomic E-state index is -0.671. The molecule has 1 aliphatic carbocycles. The minimum absolute atomic E-state index is 0.229. The molecule has 0 radical (unpaired) electrons. The third kappa shape index (κ3) is 1.92. The molecule has 102 valence electrons. The van der Waals surface area contributed by atoms with Gasteiger partial charge in [0.25, 0.3) is 0 Å². The molecule has 19 heavy (non-hydrogen) atoms. The van der Waals surface area contributed by atoms with E-state index in [9.17, 15) is 9.90 Å². The van der Waals surface area contributed by atoms with Crippen LogP contribution in [-0.4, -0.2) is 17.2 Å². The zero-order valence-corrected chi connectivity index (χ0v) is 11.3. The second-order valence-electron chi connectivity index (χ2n) is 5.84. The molecule has 1 unspecified atom stereocenters. The van der Waals surface area contributed by atoms with E-state index in [4.69, 9.17) is 4.74 Å². The first kappa shape index (κ1) is 12.5. The van der Waals surface area contributed by atoms with E-state index in [1.807, 2.05) is 18.2 Å². The van der Waals surface area contributed by atoms with Crippen molar-refractivity contribution in [3.05, 3.63) is 29.3 Å². The van der Waals surface area contributed by atoms with Crippen molar-refractivity contribution in [1.82, 2.24) is 0 Å². The van der Waals surface area contributed by atoms with Crippen molar-refractivity contribution in [2.24, 2.45) is 0 Å². The van der Waals surface area contributed by atoms with Crippen LogP contribution in [0.3, 0.4) is 0 Å². The van der Waals surface area contributed by atoms with E-state index in [2.05, 4.69) is 6.92 Å². The number of aliphatic carboxylic acids is 1. The Balaban J connectivity index is 2.10. The van der Waals surface area contributed by atoms with Gasteiger partial charge in [0.1, 0.15) is 5.75 Å². The monoisotopic (exact) mass is 260 g/mol. The molecule has 0 bridgehead atoms. The van der Waals surface area contributed by atoms with Crippen molar-refractivity contribution < 1.29 is 14.6 Å². The molecule has 1 aromatic rings. The van der Waals surface area contributed by atoms with E-state index in [-0.39, 0.29) is 6.10 Å². The largest absolute Gasteiger partial charge is 0.490 e. The van der Waals surface area contributed by atoms with Crippen molar-refractivity contribution in [3.63, 3.8) is 0 Å². The van der Waals surface area contributed by atoms with E-state index in [0.29, 0.717) is 0 Å². The van der Waals surface area contributed by atoms with Gasteiger partial charge in [-0.3, -0.25) is 4.79 Å². The lowest BCUT2D eigenvalue weighted by Gasteiger charge is -2.31. The van der Waals surface area contributed by atoms with Crippen LogP contribution in [0.25, 0.3) is 0 Å². The first-order valence-electron chi connectivity index (χ1n) is 7.16. The van der Waals surface area contributed by atoms with Crippen LogP contribution >= 0.6 is 0 Å². The van der Waals surface area contributed by atoms with Gasteiger partial charge in [-0.1, -0.05) is 25.0 Å². The molecule has 0 aromatic heterocycles. The average molecular weight is 260 g/mol. The summed E-state index contributed by atoms with van der Waals surface area (Å²) in [5, 5.41) is 9.73. The fraction of sp³-hybridized carbons (Fsp3) is 0.562. The lowest BCUT2D eigenvalue weighted by Crippen LogP contribution is -2.34. The highest BCUT2D eigenvalue weighted by Crippen LogP contribution is 2.45. The SMILES string of the molecule is CC1CCc2c(cccc2C2(C(=O)O)CCCC2)O1. The smallest absolute Gasteiger partial charge is 0.314 e. The van der Waals surface area contributed by atoms with Crippen LogP contribution in [-0.2, 0) is 16.6 Å². The molecule has 3 rings (SSSR count). The van der Waals surface area contributed by atoms with Crippen LogP contribution in [0.1, 0.15) is 50.2 Å². The summed E-state index contributed by atoms with van der Waals surface area (Å²) in [4.78, 5) is 11.8. The van der Waals surface area contributed by atoms with Crippen molar-refractivity contribution in [2.45, 2.75) is 57.0 Å². The Kier molecular flexibility index (Phi) is 3.00. The second-order valence-corrected chi connectivity index (χ2v) is 5.84. The molecule has 1 atom stereocenters. The molecule has 3 heteroatoms. The van der Waals surface area contributed by atoms with Gasteiger partial charge in [-0.2, -0.15) is 0 Å². The summed E-state index contributed by atoms with van der Waals surface area (Å²) < 4.78 is 5.86. The Morgan fingerprint density at radius 1 is 1.37 bits per heavy atom. The highest BCUT2D eigenvalue weighted by atomic mass is 16.5. The first-order chi connectivity index (χ1) is 9.13. The van der Waals surface area contributed by atoms with Gasteiger partial charge >= 0.3 is 5.97 Å². The summed E-state index contributed by atoms with van der Waals surface area (Å²) in [6.07, 6.45) is 5.66. The van der Waals surface area contributed by atoms with Gasteiger partial charge in [0.2, 0.25) is 0 Å². The van der Waals surface area contributed by atoms with Crippen LogP contribution in [0.2, 0.25) is 0 Å². The molecule has 1 aromatic carbocycles. The van der Waals surface area contributed by atoms with Crippen molar-refractivity contribution >= 4 is 5.97 Å². The third-order valence-electron chi connectivity index (χ3n) is 4.64. The zero-order chi connectivity index (χ0) is 13.5. The topological polar surface area (TPSA) is 46.5 Å². The van der Waals surface area contributed by atoms with Gasteiger partial charge in [-0.25, -0.2) is 0 Å². The number of carboxylic acids is 1. The molecule has 2 aliphatic rings. The summed E-state index contributed by atoms with van der Waals surface area (Å²) in [7, 11) is 0. The van der Waals surface area contributed by atoms with Crippen molar-refractivity contribution in [1.29, 1.82) is 0 Å². The molecule has 1 saturated carbocycles. The van der Waals surface area contributed by atoms with Crippen LogP contribution in [0.4, 0.5) is 0 Å². The molecule has 0 spiro atoms. The number of carbonyl (C=O) groups is 1. The van der Waals surface area contributed by atoms with Gasteiger partial charge in [0.15, 0.2) is 0 Å². The van der Waals surface area contributed by atoms with Crippen LogP contribution in [0.5, 0.6) is 5.75 Å². The highest BCUT2D eigenvalue weighted by Gasteiger charge is 2.44. The third-order valence-corrected chi connectivity index (χ3v) is 4.64. The highest BCUT2D eigenvalue weighted by molar-refractivity contribution is 5.82. The predicted molar refractivity (Wildman–Crippen MR) is 72.6 cm³/mol. The fourth-order valence-corrected chi connectivity index (χ4v) is 3.58. The molecule has 1 heterocycles. The summed E-state index contributed by atoms with van der Waals surface area (Å²) in [5.41, 5.74) is 1.46. The summed E-state index contributed by atoms with van der Waals surface area (Å²) in [6, 6.07) is 5.91. The van der Waals surface area contributed by atoms with Crippen LogP contribution in [0.15, 0.2) is 18.2 Å². The number of ether oxygens (including phenoxy) is 1. The minimum Gasteiger partial charge on any atom is -0.490 e. The number of benzene rings is 1. The number of rotatable bonds is 2. The fourth-order valence-electron chi connectivity index (χ4n) is 3.58. The maximum Gasteiger partial charge on any atom is 0.314 e. The maximum absolute atomic E-state index is 11.8. The summed E-state index contributed by atoms with van der Waals surface area (Å²) in [5.74, 6) is 0.223. The summed E-state index contributed by atoms with van der Waals surface area (Å²) in [6.45, 7) is 2.07. The van der Waals surface area contributed by atoms with E-state index in [1.165, 1.54) is 0 Å². The predicted octanol–water partition coefficient (Wildman–Crippen LogP) is 3.30. The van der Waals surface area contributed by atoms with E-state index >= 15 is 0 Å². The Hall–Kier alpha value is -1.51. The van der Waals surface area contributed by atoms with Gasteiger partial charge in [-0.05, 0) is 49.8 Å². The Morgan fingerprint density at radius 3 is 2.79 bits per heavy atom. The van der Waals surface area contributed by atoms with E-state index < -0.39 is 11.4 Å². The summed E-state index contributed by atoms with van der Waals surface area (Å²) >= 11 is 0. The molecule has 3 nitrogen and oxygen atoms in total. The van der Waals surface area contributed by atoms with Gasteiger partial charge < -0.3 is 9.84 Å². The standard InChI is InChI=1S/C16H20O3/c1-11-7-8-12-13(5-4-6-14(12)19-11)16(15(17)18)9-2-3-10-16/h4-6,11H,2-3,7-10H2,1H3,(H,17,18). The second kappa shape index (κ2) is 4.55. The number of fused-ring (bicyclic) bond motifs is 1. The van der Waals surface area contributed by atoms with Crippen LogP contribution < -0.4 is 4.74 Å². The molecule has 1 N–H and O–H groups in total. The zero-order valence-electron chi connectivity index (χ0n) is 11.3. The van der Waals surface area contributed by atoms with Gasteiger partial charge in [0.05, 0.1) is 11.5 Å². The van der Waals surface area contributed by atoms with Crippen molar-refractivity contribution in [2.75, 3.05) is 0 Å². The van der Waals surface area contributed by atoms with E-state index in [1.54, 1.807) is 0 Å². The number of carboxylic acid groups (broad SMARTS) is 1. The lowest BCUT2D eigenvalue weighted by molar-refractivity contribution is -0.143. The first-order valence-corrected chi connectivity index (χ1v) is 7.16. The molecule has 1 aliphatic heterocycles. The lowest BCUT2D eigenvalue weighted by atomic mass is 9.75. The molecule has 0 saturated heterocycles. The molecular formula is C16H20O3. The molecule has 0 amide bonds. The van der Waals surface area contributed by atoms with E-state index in [0.717, 1.165) is 55.4 Å².